The van der Waals surface area contributed by atoms with Crippen LogP contribution in [0.25, 0.3) is 0 Å². The Labute approximate surface area is 111 Å². The molecule has 0 saturated carbocycles. The summed E-state index contributed by atoms with van der Waals surface area (Å²) in [7, 11) is 0. The monoisotopic (exact) mass is 298 g/mol. The Morgan fingerprint density at radius 1 is 1.47 bits per heavy atom. The normalized spacial score (nSPS) is 20.2. The Hall–Kier alpha value is -0.680. The lowest BCUT2D eigenvalue weighted by atomic mass is 10.2. The topological polar surface area (TPSA) is 41.0 Å². The highest BCUT2D eigenvalue weighted by molar-refractivity contribution is 9.10. The van der Waals surface area contributed by atoms with E-state index in [4.69, 9.17) is 0 Å². The number of anilines is 1. The molecule has 5 heteroatoms. The zero-order valence-electron chi connectivity index (χ0n) is 10.4. The molecule has 1 saturated heterocycles. The molecule has 1 aliphatic heterocycles. The first kappa shape index (κ1) is 12.8. The van der Waals surface area contributed by atoms with E-state index in [0.29, 0.717) is 12.1 Å². The van der Waals surface area contributed by atoms with Crippen LogP contribution in [0.1, 0.15) is 26.7 Å². The minimum atomic E-state index is 0.526. The van der Waals surface area contributed by atoms with Crippen LogP contribution in [0.3, 0.4) is 0 Å². The van der Waals surface area contributed by atoms with Gasteiger partial charge in [-0.15, -0.1) is 0 Å². The second kappa shape index (κ2) is 5.78. The number of nitrogens with one attached hydrogen (secondary N) is 1. The Bertz CT molecular complexity index is 352. The summed E-state index contributed by atoms with van der Waals surface area (Å²) in [4.78, 5) is 11.1. The van der Waals surface area contributed by atoms with Gasteiger partial charge in [-0.25, -0.2) is 9.97 Å². The molecule has 17 heavy (non-hydrogen) atoms. The Morgan fingerprint density at radius 2 is 2.18 bits per heavy atom. The van der Waals surface area contributed by atoms with Crippen molar-refractivity contribution in [2.75, 3.05) is 18.0 Å². The molecule has 94 valence electrons. The molecule has 1 unspecified atom stereocenters. The van der Waals surface area contributed by atoms with Crippen molar-refractivity contribution in [1.29, 1.82) is 0 Å². The zero-order valence-corrected chi connectivity index (χ0v) is 11.9. The molecule has 1 aliphatic rings. The average Bonchev–Trinajstić information content (AvgIpc) is 2.75. The van der Waals surface area contributed by atoms with Crippen LogP contribution in [-0.2, 0) is 0 Å². The first-order valence-corrected chi connectivity index (χ1v) is 6.93. The van der Waals surface area contributed by atoms with Crippen LogP contribution in [0.2, 0.25) is 0 Å². The SMILES string of the molecule is CC(C)NCC1CCCN1c1ncc(Br)cn1. The zero-order chi connectivity index (χ0) is 12.3. The van der Waals surface area contributed by atoms with Gasteiger partial charge in [-0.1, -0.05) is 13.8 Å². The summed E-state index contributed by atoms with van der Waals surface area (Å²) in [6.07, 6.45) is 6.07. The van der Waals surface area contributed by atoms with Gasteiger partial charge < -0.3 is 10.2 Å². The van der Waals surface area contributed by atoms with E-state index >= 15 is 0 Å². The number of nitrogens with zero attached hydrogens (tertiary/aromatic N) is 3. The van der Waals surface area contributed by atoms with Crippen molar-refractivity contribution >= 4 is 21.9 Å². The van der Waals surface area contributed by atoms with E-state index in [0.717, 1.165) is 23.5 Å². The van der Waals surface area contributed by atoms with Gasteiger partial charge in [0.25, 0.3) is 0 Å². The first-order valence-electron chi connectivity index (χ1n) is 6.14. The first-order chi connectivity index (χ1) is 8.16. The lowest BCUT2D eigenvalue weighted by molar-refractivity contribution is 0.520. The highest BCUT2D eigenvalue weighted by Crippen LogP contribution is 2.22. The van der Waals surface area contributed by atoms with Gasteiger partial charge >= 0.3 is 0 Å². The second-order valence-corrected chi connectivity index (χ2v) is 5.67. The summed E-state index contributed by atoms with van der Waals surface area (Å²) in [5, 5.41) is 3.49. The minimum absolute atomic E-state index is 0.526. The molecule has 0 aliphatic carbocycles. The van der Waals surface area contributed by atoms with E-state index < -0.39 is 0 Å². The summed E-state index contributed by atoms with van der Waals surface area (Å²) < 4.78 is 0.928. The van der Waals surface area contributed by atoms with Crippen LogP contribution in [0.5, 0.6) is 0 Å². The van der Waals surface area contributed by atoms with Gasteiger partial charge in [-0.3, -0.25) is 0 Å². The van der Waals surface area contributed by atoms with E-state index in [-0.39, 0.29) is 0 Å². The fraction of sp³-hybridized carbons (Fsp3) is 0.667. The number of rotatable bonds is 4. The number of halogens is 1. The molecule has 0 bridgehead atoms. The Morgan fingerprint density at radius 3 is 2.82 bits per heavy atom. The highest BCUT2D eigenvalue weighted by atomic mass is 79.9. The number of hydrogen-bond acceptors (Lipinski definition) is 4. The quantitative estimate of drug-likeness (QED) is 0.925. The highest BCUT2D eigenvalue weighted by Gasteiger charge is 2.26. The maximum Gasteiger partial charge on any atom is 0.225 e. The summed E-state index contributed by atoms with van der Waals surface area (Å²) in [5.41, 5.74) is 0. The van der Waals surface area contributed by atoms with E-state index in [1.807, 2.05) is 12.4 Å². The third-order valence-electron chi connectivity index (χ3n) is 3.00. The van der Waals surface area contributed by atoms with Gasteiger partial charge in [0.15, 0.2) is 0 Å². The van der Waals surface area contributed by atoms with Crippen LogP contribution in [-0.4, -0.2) is 35.1 Å². The number of hydrogen-bond donors (Lipinski definition) is 1. The minimum Gasteiger partial charge on any atom is -0.337 e. The van der Waals surface area contributed by atoms with Crippen molar-refractivity contribution in [3.05, 3.63) is 16.9 Å². The molecule has 1 aromatic rings. The van der Waals surface area contributed by atoms with Gasteiger partial charge in [-0.05, 0) is 28.8 Å². The third kappa shape index (κ3) is 3.39. The van der Waals surface area contributed by atoms with Gasteiger partial charge in [0.05, 0.1) is 4.47 Å². The van der Waals surface area contributed by atoms with Crippen LogP contribution in [0.15, 0.2) is 16.9 Å². The molecule has 1 aromatic heterocycles. The largest absolute Gasteiger partial charge is 0.337 e. The van der Waals surface area contributed by atoms with Crippen LogP contribution in [0.4, 0.5) is 5.95 Å². The van der Waals surface area contributed by atoms with Gasteiger partial charge in [0, 0.05) is 37.6 Å². The van der Waals surface area contributed by atoms with Crippen LogP contribution in [0, 0.1) is 0 Å². The molecule has 4 nitrogen and oxygen atoms in total. The van der Waals surface area contributed by atoms with E-state index in [9.17, 15) is 0 Å². The lowest BCUT2D eigenvalue weighted by Crippen LogP contribution is -2.41. The molecular formula is C12H19BrN4. The maximum atomic E-state index is 4.38. The molecule has 1 N–H and O–H groups in total. The van der Waals surface area contributed by atoms with Crippen molar-refractivity contribution in [2.24, 2.45) is 0 Å². The fourth-order valence-electron chi connectivity index (χ4n) is 2.14. The smallest absolute Gasteiger partial charge is 0.225 e. The van der Waals surface area contributed by atoms with Crippen LogP contribution >= 0.6 is 15.9 Å². The molecule has 2 rings (SSSR count). The van der Waals surface area contributed by atoms with Crippen molar-refractivity contribution in [3.8, 4) is 0 Å². The number of aromatic nitrogens is 2. The molecule has 1 fully saturated rings. The van der Waals surface area contributed by atoms with E-state index in [1.54, 1.807) is 0 Å². The fourth-order valence-corrected chi connectivity index (χ4v) is 2.34. The summed E-state index contributed by atoms with van der Waals surface area (Å²) >= 11 is 3.36. The Kier molecular flexibility index (Phi) is 4.34. The summed E-state index contributed by atoms with van der Waals surface area (Å²) in [6, 6.07) is 1.06. The molecule has 0 amide bonds. The van der Waals surface area contributed by atoms with Crippen molar-refractivity contribution in [1.82, 2.24) is 15.3 Å². The predicted molar refractivity (Wildman–Crippen MR) is 73.2 cm³/mol. The molecule has 1 atom stereocenters. The van der Waals surface area contributed by atoms with Gasteiger partial charge in [0.2, 0.25) is 5.95 Å². The van der Waals surface area contributed by atoms with Crippen molar-refractivity contribution < 1.29 is 0 Å². The molecule has 0 spiro atoms. The standard InChI is InChI=1S/C12H19BrN4/c1-9(2)14-8-11-4-3-5-17(11)12-15-6-10(13)7-16-12/h6-7,9,11,14H,3-5,8H2,1-2H3. The maximum absolute atomic E-state index is 4.38. The third-order valence-corrected chi connectivity index (χ3v) is 3.41. The lowest BCUT2D eigenvalue weighted by Gasteiger charge is -2.25. The summed E-state index contributed by atoms with van der Waals surface area (Å²) in [6.45, 7) is 6.42. The molecule has 0 radical (unpaired) electrons. The van der Waals surface area contributed by atoms with Gasteiger partial charge in [0.1, 0.15) is 0 Å². The average molecular weight is 299 g/mol. The van der Waals surface area contributed by atoms with E-state index in [2.05, 4.69) is 50.0 Å². The molecule has 0 aromatic carbocycles. The predicted octanol–water partition coefficient (Wildman–Crippen LogP) is 2.21. The Balaban J connectivity index is 2.01. The molecule has 2 heterocycles. The van der Waals surface area contributed by atoms with E-state index in [1.165, 1.54) is 12.8 Å². The summed E-state index contributed by atoms with van der Waals surface area (Å²) in [5.74, 6) is 0.848. The van der Waals surface area contributed by atoms with Crippen LogP contribution < -0.4 is 10.2 Å². The van der Waals surface area contributed by atoms with Crippen molar-refractivity contribution in [2.45, 2.75) is 38.8 Å². The van der Waals surface area contributed by atoms with Crippen molar-refractivity contribution in [3.63, 3.8) is 0 Å². The second-order valence-electron chi connectivity index (χ2n) is 4.75. The molecular weight excluding hydrogens is 280 g/mol. The van der Waals surface area contributed by atoms with Gasteiger partial charge in [-0.2, -0.15) is 0 Å².